The fraction of sp³-hybridized carbons (Fsp3) is 0.269. The summed E-state index contributed by atoms with van der Waals surface area (Å²) in [5, 5.41) is 0. The summed E-state index contributed by atoms with van der Waals surface area (Å²) in [4.78, 5) is 4.24. The van der Waals surface area contributed by atoms with Crippen LogP contribution in [0.2, 0.25) is 6.04 Å². The van der Waals surface area contributed by atoms with Gasteiger partial charge in [-0.3, -0.25) is 4.98 Å². The normalized spacial score (nSPS) is 7.65. The summed E-state index contributed by atoms with van der Waals surface area (Å²) in [5.41, 5.74) is 1.03. The van der Waals surface area contributed by atoms with Crippen LogP contribution in [0.3, 0.4) is 0 Å². The number of hydrogen-bond acceptors (Lipinski definition) is 4. The van der Waals surface area contributed by atoms with Crippen molar-refractivity contribution in [1.29, 1.82) is 0 Å². The minimum atomic E-state index is -2.44. The van der Waals surface area contributed by atoms with Gasteiger partial charge in [0.05, 0.1) is 0 Å². The van der Waals surface area contributed by atoms with Gasteiger partial charge < -0.3 is 13.3 Å². The van der Waals surface area contributed by atoms with E-state index in [1.807, 2.05) is 18.2 Å². The van der Waals surface area contributed by atoms with Crippen molar-refractivity contribution in [2.75, 3.05) is 21.3 Å². The topological polar surface area (TPSA) is 40.6 Å². The van der Waals surface area contributed by atoms with Crippen molar-refractivity contribution >= 4 is 8.80 Å². The Labute approximate surface area is 187 Å². The third kappa shape index (κ3) is 14.8. The van der Waals surface area contributed by atoms with Crippen LogP contribution in [-0.2, 0) is 19.7 Å². The molecule has 0 atom stereocenters. The van der Waals surface area contributed by atoms with E-state index in [9.17, 15) is 0 Å². The van der Waals surface area contributed by atoms with Gasteiger partial charge in [0, 0.05) is 39.3 Å². The molecule has 0 fully saturated rings. The van der Waals surface area contributed by atoms with Crippen LogP contribution in [0.1, 0.15) is 19.5 Å². The van der Waals surface area contributed by atoms with Crippen LogP contribution in [0.5, 0.6) is 0 Å². The third-order valence-corrected chi connectivity index (χ3v) is 6.01. The van der Waals surface area contributed by atoms with Crippen molar-refractivity contribution < 1.29 is 13.3 Å². The van der Waals surface area contributed by atoms with Gasteiger partial charge in [-0.15, -0.1) is 0 Å². The molecule has 0 saturated heterocycles. The Morgan fingerprint density at radius 3 is 1.42 bits per heavy atom. The van der Waals surface area contributed by atoms with E-state index in [4.69, 9.17) is 13.3 Å². The zero-order chi connectivity index (χ0) is 23.0. The maximum absolute atomic E-state index is 5.32. The lowest BCUT2D eigenvalue weighted by Crippen LogP contribution is -2.43. The predicted molar refractivity (Wildman–Crippen MR) is 125 cm³/mol. The number of rotatable bonds is 6. The monoisotopic (exact) mass is 425 g/mol. The average Bonchev–Trinajstić information content (AvgIpc) is 2.82. The molecule has 0 aliphatic heterocycles. The van der Waals surface area contributed by atoms with Crippen LogP contribution in [0.25, 0.3) is 0 Å². The van der Waals surface area contributed by atoms with Crippen LogP contribution in [0.4, 0.5) is 0 Å². The molecule has 0 aromatic carbocycles. The summed E-state index contributed by atoms with van der Waals surface area (Å²) >= 11 is 0. The van der Waals surface area contributed by atoms with Crippen LogP contribution in [-0.4, -0.2) is 35.1 Å². The quantitative estimate of drug-likeness (QED) is 0.519. The first-order chi connectivity index (χ1) is 15.2. The molecule has 5 heteroatoms. The van der Waals surface area contributed by atoms with Crippen molar-refractivity contribution in [3.05, 3.63) is 30.1 Å². The van der Waals surface area contributed by atoms with E-state index in [1.54, 1.807) is 41.4 Å². The van der Waals surface area contributed by atoms with E-state index in [-0.39, 0.29) is 0 Å². The SMILES string of the molecule is CC#CC#CC#CC#CC#CC#CC#CC.CO[Si](CCc1ccccn1)(OC)OC. The molecule has 1 aromatic rings. The van der Waals surface area contributed by atoms with Crippen LogP contribution in [0.15, 0.2) is 24.4 Å². The van der Waals surface area contributed by atoms with Gasteiger partial charge in [-0.05, 0) is 103 Å². The third-order valence-electron chi connectivity index (χ3n) is 3.28. The molecule has 4 nitrogen and oxygen atoms in total. The molecule has 154 valence electrons. The lowest BCUT2D eigenvalue weighted by atomic mass is 10.3. The van der Waals surface area contributed by atoms with Gasteiger partial charge in [-0.2, -0.15) is 0 Å². The van der Waals surface area contributed by atoms with E-state index in [0.29, 0.717) is 0 Å². The molecule has 0 amide bonds. The summed E-state index contributed by atoms with van der Waals surface area (Å²) in [5.74, 6) is 35.6. The number of aryl methyl sites for hydroxylation is 1. The van der Waals surface area contributed by atoms with Crippen LogP contribution < -0.4 is 0 Å². The molecule has 0 bridgehead atoms. The minimum Gasteiger partial charge on any atom is -0.377 e. The average molecular weight is 426 g/mol. The van der Waals surface area contributed by atoms with Gasteiger partial charge in [0.25, 0.3) is 0 Å². The van der Waals surface area contributed by atoms with Crippen molar-refractivity contribution in [2.24, 2.45) is 0 Å². The number of aromatic nitrogens is 1. The Morgan fingerprint density at radius 2 is 1.10 bits per heavy atom. The van der Waals surface area contributed by atoms with Crippen molar-refractivity contribution in [3.8, 4) is 82.9 Å². The maximum atomic E-state index is 5.32. The smallest absolute Gasteiger partial charge is 0.377 e. The molecule has 1 heterocycles. The number of nitrogens with zero attached hydrogens (tertiary/aromatic N) is 1. The van der Waals surface area contributed by atoms with Gasteiger partial charge in [-0.1, -0.05) is 17.9 Å². The highest BCUT2D eigenvalue weighted by atomic mass is 28.4. The molecule has 0 spiro atoms. The lowest BCUT2D eigenvalue weighted by Gasteiger charge is -2.23. The number of hydrogen-bond donors (Lipinski definition) is 0. The van der Waals surface area contributed by atoms with Crippen LogP contribution in [0, 0.1) is 82.9 Å². The zero-order valence-corrected chi connectivity index (χ0v) is 19.4. The summed E-state index contributed by atoms with van der Waals surface area (Å²) in [7, 11) is 2.43. The Bertz CT molecular complexity index is 1040. The van der Waals surface area contributed by atoms with Crippen molar-refractivity contribution in [2.45, 2.75) is 26.3 Å². The Morgan fingerprint density at radius 1 is 0.677 bits per heavy atom. The fourth-order valence-corrected chi connectivity index (χ4v) is 3.50. The van der Waals surface area contributed by atoms with Gasteiger partial charge >= 0.3 is 8.80 Å². The van der Waals surface area contributed by atoms with Gasteiger partial charge in [0.2, 0.25) is 0 Å². The number of pyridine rings is 1. The Balaban J connectivity index is 0.000000581. The highest BCUT2D eigenvalue weighted by molar-refractivity contribution is 6.60. The first kappa shape index (κ1) is 27.2. The highest BCUT2D eigenvalue weighted by Gasteiger charge is 2.37. The Kier molecular flexibility index (Phi) is 17.1. The largest absolute Gasteiger partial charge is 0.500 e. The molecular weight excluding hydrogens is 402 g/mol. The molecule has 1 rings (SSSR count). The molecule has 0 aliphatic rings. The Hall–Kier alpha value is -3.83. The predicted octanol–water partition coefficient (Wildman–Crippen LogP) is 2.55. The first-order valence-corrected chi connectivity index (χ1v) is 11.0. The second-order valence-electron chi connectivity index (χ2n) is 5.12. The molecule has 0 radical (unpaired) electrons. The minimum absolute atomic E-state index is 0.744. The van der Waals surface area contributed by atoms with E-state index in [0.717, 1.165) is 18.2 Å². The first-order valence-electron chi connectivity index (χ1n) is 9.06. The van der Waals surface area contributed by atoms with Crippen molar-refractivity contribution in [1.82, 2.24) is 4.98 Å². The molecule has 0 N–H and O–H groups in total. The standard InChI is InChI=1S/C16H6.C10H17NO3Si/c1-3-5-7-9-11-13-15-16-14-12-10-8-6-4-2;1-12-15(13-2,14-3)9-7-10-6-4-5-8-11-10/h1-2H3;4-6,8H,7,9H2,1-3H3. The molecule has 0 aliphatic carbocycles. The van der Waals surface area contributed by atoms with Crippen LogP contribution >= 0.6 is 0 Å². The summed E-state index contributed by atoms with van der Waals surface area (Å²) < 4.78 is 16.0. The highest BCUT2D eigenvalue weighted by Crippen LogP contribution is 2.15. The van der Waals surface area contributed by atoms with E-state index in [1.165, 1.54) is 0 Å². The van der Waals surface area contributed by atoms with Gasteiger partial charge in [-0.25, -0.2) is 0 Å². The van der Waals surface area contributed by atoms with Gasteiger partial charge in [0.15, 0.2) is 0 Å². The zero-order valence-electron chi connectivity index (χ0n) is 18.4. The molecular formula is C26H23NO3Si. The van der Waals surface area contributed by atoms with Crippen molar-refractivity contribution in [3.63, 3.8) is 0 Å². The van der Waals surface area contributed by atoms with Gasteiger partial charge in [0.1, 0.15) is 0 Å². The molecule has 0 saturated carbocycles. The molecule has 31 heavy (non-hydrogen) atoms. The van der Waals surface area contributed by atoms with E-state index >= 15 is 0 Å². The summed E-state index contributed by atoms with van der Waals surface area (Å²) in [6.07, 6.45) is 2.59. The fourth-order valence-electron chi connectivity index (χ4n) is 1.82. The van der Waals surface area contributed by atoms with E-state index < -0.39 is 8.80 Å². The van der Waals surface area contributed by atoms with E-state index in [2.05, 4.69) is 87.9 Å². The second-order valence-corrected chi connectivity index (χ2v) is 8.21. The second kappa shape index (κ2) is 19.5. The molecule has 1 aromatic heterocycles. The lowest BCUT2D eigenvalue weighted by molar-refractivity contribution is 0.123. The summed E-state index contributed by atoms with van der Waals surface area (Å²) in [6.45, 7) is 3.42. The summed E-state index contributed by atoms with van der Waals surface area (Å²) in [6, 6.07) is 6.60. The maximum Gasteiger partial charge on any atom is 0.500 e. The molecule has 0 unspecified atom stereocenters.